The molecule has 1 heterocycles. The highest BCUT2D eigenvalue weighted by Crippen LogP contribution is 2.31. The van der Waals surface area contributed by atoms with E-state index in [-0.39, 0.29) is 0 Å². The first-order valence-corrected chi connectivity index (χ1v) is 7.94. The summed E-state index contributed by atoms with van der Waals surface area (Å²) < 4.78 is 0. The van der Waals surface area contributed by atoms with Gasteiger partial charge in [0.15, 0.2) is 5.13 Å². The van der Waals surface area contributed by atoms with E-state index in [0.29, 0.717) is 5.92 Å². The Hall–Kier alpha value is -0.610. The van der Waals surface area contributed by atoms with Crippen molar-refractivity contribution < 1.29 is 0 Å². The highest BCUT2D eigenvalue weighted by molar-refractivity contribution is 7.13. The van der Waals surface area contributed by atoms with Crippen molar-refractivity contribution in [1.29, 1.82) is 0 Å². The fourth-order valence-corrected chi connectivity index (χ4v) is 3.59. The zero-order valence-corrected chi connectivity index (χ0v) is 12.6. The first-order valence-electron chi connectivity index (χ1n) is 7.06. The number of hydrogen-bond acceptors (Lipinski definition) is 4. The Bertz CT molecular complexity index is 356. The second-order valence-electron chi connectivity index (χ2n) is 5.64. The lowest BCUT2D eigenvalue weighted by atomic mass is 10.1. The third-order valence-electron chi connectivity index (χ3n) is 3.47. The van der Waals surface area contributed by atoms with Crippen LogP contribution >= 0.6 is 11.3 Å². The second kappa shape index (κ2) is 6.53. The van der Waals surface area contributed by atoms with Crippen LogP contribution in [0.15, 0.2) is 5.38 Å². The molecule has 102 valence electrons. The highest BCUT2D eigenvalue weighted by atomic mass is 32.1. The van der Waals surface area contributed by atoms with Gasteiger partial charge in [0.05, 0.1) is 5.69 Å². The normalized spacial score (nSPS) is 16.7. The van der Waals surface area contributed by atoms with E-state index in [1.165, 1.54) is 36.5 Å². The predicted octanol–water partition coefficient (Wildman–Crippen LogP) is 3.27. The molecule has 1 N–H and O–H groups in total. The van der Waals surface area contributed by atoms with E-state index >= 15 is 0 Å². The van der Waals surface area contributed by atoms with E-state index in [9.17, 15) is 0 Å². The van der Waals surface area contributed by atoms with Crippen molar-refractivity contribution in [3.8, 4) is 0 Å². The molecule has 0 unspecified atom stereocenters. The Balaban J connectivity index is 2.10. The van der Waals surface area contributed by atoms with Crippen molar-refractivity contribution in [3.05, 3.63) is 11.1 Å². The molecular weight excluding hydrogens is 242 g/mol. The number of nitrogens with zero attached hydrogens (tertiary/aromatic N) is 2. The van der Waals surface area contributed by atoms with Crippen molar-refractivity contribution in [2.45, 2.75) is 52.1 Å². The van der Waals surface area contributed by atoms with Crippen LogP contribution in [0, 0.1) is 5.92 Å². The van der Waals surface area contributed by atoms with Crippen LogP contribution in [0.25, 0.3) is 0 Å². The van der Waals surface area contributed by atoms with E-state index in [0.717, 1.165) is 19.1 Å². The lowest BCUT2D eigenvalue weighted by Gasteiger charge is -2.30. The van der Waals surface area contributed by atoms with Crippen molar-refractivity contribution in [3.63, 3.8) is 0 Å². The Labute approximate surface area is 115 Å². The van der Waals surface area contributed by atoms with Crippen LogP contribution in [-0.2, 0) is 6.54 Å². The first-order chi connectivity index (χ1) is 8.70. The van der Waals surface area contributed by atoms with Gasteiger partial charge in [0, 0.05) is 24.5 Å². The zero-order chi connectivity index (χ0) is 13.0. The average molecular weight is 267 g/mol. The van der Waals surface area contributed by atoms with Gasteiger partial charge in [-0.25, -0.2) is 4.98 Å². The van der Waals surface area contributed by atoms with Crippen molar-refractivity contribution in [2.75, 3.05) is 18.5 Å². The molecular formula is C14H25N3S. The van der Waals surface area contributed by atoms with Gasteiger partial charge in [-0.15, -0.1) is 11.3 Å². The zero-order valence-electron chi connectivity index (χ0n) is 11.8. The third-order valence-corrected chi connectivity index (χ3v) is 4.40. The Kier molecular flexibility index (Phi) is 5.01. The standard InChI is InChI=1S/C14H25N3S/c1-11(2)9-17(13-6-4-5-7-13)14-16-12(8-15-3)10-18-14/h10-11,13,15H,4-9H2,1-3H3. The number of nitrogens with one attached hydrogen (secondary N) is 1. The van der Waals surface area contributed by atoms with Gasteiger partial charge in [-0.3, -0.25) is 0 Å². The Morgan fingerprint density at radius 3 is 2.78 bits per heavy atom. The van der Waals surface area contributed by atoms with Crippen LogP contribution in [0.1, 0.15) is 45.2 Å². The molecule has 1 aliphatic rings. The molecule has 4 heteroatoms. The largest absolute Gasteiger partial charge is 0.345 e. The van der Waals surface area contributed by atoms with Gasteiger partial charge in [-0.2, -0.15) is 0 Å². The summed E-state index contributed by atoms with van der Waals surface area (Å²) in [5, 5.41) is 6.58. The summed E-state index contributed by atoms with van der Waals surface area (Å²) in [6.45, 7) is 6.60. The van der Waals surface area contributed by atoms with Gasteiger partial charge < -0.3 is 10.2 Å². The predicted molar refractivity (Wildman–Crippen MR) is 79.3 cm³/mol. The van der Waals surface area contributed by atoms with Crippen LogP contribution in [0.2, 0.25) is 0 Å². The molecule has 3 nitrogen and oxygen atoms in total. The topological polar surface area (TPSA) is 28.2 Å². The quantitative estimate of drug-likeness (QED) is 0.857. The fraction of sp³-hybridized carbons (Fsp3) is 0.786. The average Bonchev–Trinajstić information content (AvgIpc) is 2.97. The van der Waals surface area contributed by atoms with E-state index < -0.39 is 0 Å². The molecule has 1 saturated carbocycles. The van der Waals surface area contributed by atoms with Crippen molar-refractivity contribution in [1.82, 2.24) is 10.3 Å². The Morgan fingerprint density at radius 1 is 1.44 bits per heavy atom. The van der Waals surface area contributed by atoms with Gasteiger partial charge in [0.2, 0.25) is 0 Å². The van der Waals surface area contributed by atoms with E-state index in [1.807, 2.05) is 7.05 Å². The summed E-state index contributed by atoms with van der Waals surface area (Å²) >= 11 is 1.80. The molecule has 0 radical (unpaired) electrons. The monoisotopic (exact) mass is 267 g/mol. The molecule has 0 saturated heterocycles. The van der Waals surface area contributed by atoms with Crippen molar-refractivity contribution in [2.24, 2.45) is 5.92 Å². The minimum atomic E-state index is 0.697. The minimum Gasteiger partial charge on any atom is -0.345 e. The number of thiazole rings is 1. The third kappa shape index (κ3) is 3.45. The maximum Gasteiger partial charge on any atom is 0.185 e. The molecule has 18 heavy (non-hydrogen) atoms. The molecule has 0 amide bonds. The molecule has 0 aromatic carbocycles. The molecule has 0 bridgehead atoms. The van der Waals surface area contributed by atoms with Gasteiger partial charge >= 0.3 is 0 Å². The molecule has 1 aliphatic carbocycles. The fourth-order valence-electron chi connectivity index (χ4n) is 2.68. The van der Waals surface area contributed by atoms with Crippen LogP contribution in [0.5, 0.6) is 0 Å². The van der Waals surface area contributed by atoms with Crippen LogP contribution in [0.4, 0.5) is 5.13 Å². The van der Waals surface area contributed by atoms with E-state index in [4.69, 9.17) is 4.98 Å². The molecule has 0 spiro atoms. The smallest absolute Gasteiger partial charge is 0.185 e. The lowest BCUT2D eigenvalue weighted by Crippen LogP contribution is -2.36. The molecule has 1 aromatic rings. The van der Waals surface area contributed by atoms with Gasteiger partial charge in [-0.1, -0.05) is 26.7 Å². The number of rotatable bonds is 6. The van der Waals surface area contributed by atoms with Crippen molar-refractivity contribution >= 4 is 16.5 Å². The summed E-state index contributed by atoms with van der Waals surface area (Å²) in [4.78, 5) is 7.34. The van der Waals surface area contributed by atoms with Gasteiger partial charge in [0.1, 0.15) is 0 Å². The maximum absolute atomic E-state index is 4.78. The molecule has 2 rings (SSSR count). The minimum absolute atomic E-state index is 0.697. The van der Waals surface area contributed by atoms with Crippen LogP contribution < -0.4 is 10.2 Å². The molecule has 1 fully saturated rings. The van der Waals surface area contributed by atoms with Crippen LogP contribution in [0.3, 0.4) is 0 Å². The molecule has 0 atom stereocenters. The summed E-state index contributed by atoms with van der Waals surface area (Å²) in [6, 6.07) is 0.723. The summed E-state index contributed by atoms with van der Waals surface area (Å²) in [5.41, 5.74) is 1.17. The Morgan fingerprint density at radius 2 is 2.17 bits per heavy atom. The summed E-state index contributed by atoms with van der Waals surface area (Å²) in [6.07, 6.45) is 5.45. The summed E-state index contributed by atoms with van der Waals surface area (Å²) in [7, 11) is 1.97. The SMILES string of the molecule is CNCc1csc(N(CC(C)C)C2CCCC2)n1. The first kappa shape index (κ1) is 13.8. The van der Waals surface area contributed by atoms with E-state index in [1.54, 1.807) is 11.3 Å². The number of hydrogen-bond donors (Lipinski definition) is 1. The molecule has 1 aromatic heterocycles. The molecule has 0 aliphatic heterocycles. The summed E-state index contributed by atoms with van der Waals surface area (Å²) in [5.74, 6) is 0.697. The van der Waals surface area contributed by atoms with E-state index in [2.05, 4.69) is 29.4 Å². The maximum atomic E-state index is 4.78. The lowest BCUT2D eigenvalue weighted by molar-refractivity contribution is 0.534. The second-order valence-corrected chi connectivity index (χ2v) is 6.47. The van der Waals surface area contributed by atoms with Gasteiger partial charge in [0.25, 0.3) is 0 Å². The van der Waals surface area contributed by atoms with Crippen LogP contribution in [-0.4, -0.2) is 24.6 Å². The van der Waals surface area contributed by atoms with Gasteiger partial charge in [-0.05, 0) is 25.8 Å². The number of anilines is 1. The number of aromatic nitrogens is 1. The highest BCUT2D eigenvalue weighted by Gasteiger charge is 2.25.